The number of hydrogen-bond donors (Lipinski definition) is 1. The molecule has 2 saturated heterocycles. The summed E-state index contributed by atoms with van der Waals surface area (Å²) in [5.41, 5.74) is 3.45. The number of anilines is 1. The van der Waals surface area contributed by atoms with Crippen molar-refractivity contribution in [3.63, 3.8) is 0 Å². The molecule has 3 aliphatic rings. The lowest BCUT2D eigenvalue weighted by Gasteiger charge is -2.43. The molecular formula is C22H23N3O2. The van der Waals surface area contributed by atoms with Crippen LogP contribution >= 0.6 is 0 Å². The number of urea groups is 1. The Morgan fingerprint density at radius 2 is 1.70 bits per heavy atom. The van der Waals surface area contributed by atoms with E-state index in [9.17, 15) is 9.59 Å². The van der Waals surface area contributed by atoms with Crippen molar-refractivity contribution < 1.29 is 9.59 Å². The lowest BCUT2D eigenvalue weighted by Crippen LogP contribution is -2.51. The Morgan fingerprint density at radius 1 is 1.00 bits per heavy atom. The maximum Gasteiger partial charge on any atom is 0.328 e. The first-order valence-corrected chi connectivity index (χ1v) is 9.63. The molecule has 3 heterocycles. The molecule has 0 aromatic heterocycles. The Labute approximate surface area is 159 Å². The minimum Gasteiger partial charge on any atom is -0.379 e. The minimum absolute atomic E-state index is 0.0567. The molecule has 138 valence electrons. The maximum atomic E-state index is 13.2. The summed E-state index contributed by atoms with van der Waals surface area (Å²) in [4.78, 5) is 29.6. The van der Waals surface area contributed by atoms with Gasteiger partial charge in [0.15, 0.2) is 0 Å². The number of nitrogens with zero attached hydrogens (tertiary/aromatic N) is 2. The van der Waals surface area contributed by atoms with Crippen molar-refractivity contribution in [2.75, 3.05) is 5.32 Å². The van der Waals surface area contributed by atoms with Crippen LogP contribution in [0.25, 0.3) is 0 Å². The van der Waals surface area contributed by atoms with Crippen molar-refractivity contribution in [3.8, 4) is 0 Å². The molecule has 1 N–H and O–H groups in total. The molecule has 0 bridgehead atoms. The van der Waals surface area contributed by atoms with Gasteiger partial charge in [0.25, 0.3) is 5.91 Å². The number of amides is 3. The van der Waals surface area contributed by atoms with Crippen molar-refractivity contribution in [1.29, 1.82) is 0 Å². The number of para-hydroxylation sites is 1. The van der Waals surface area contributed by atoms with Crippen LogP contribution < -0.4 is 5.32 Å². The second kappa shape index (κ2) is 5.84. The van der Waals surface area contributed by atoms with E-state index < -0.39 is 0 Å². The van der Waals surface area contributed by atoms with E-state index in [1.54, 1.807) is 0 Å². The van der Waals surface area contributed by atoms with Crippen LogP contribution in [0, 0.1) is 0 Å². The van der Waals surface area contributed by atoms with Crippen molar-refractivity contribution in [1.82, 2.24) is 9.80 Å². The summed E-state index contributed by atoms with van der Waals surface area (Å²) in [7, 11) is 0. The first-order chi connectivity index (χ1) is 13.1. The van der Waals surface area contributed by atoms with Gasteiger partial charge in [0.1, 0.15) is 6.04 Å². The molecule has 0 radical (unpaired) electrons. The quantitative estimate of drug-likeness (QED) is 0.829. The zero-order chi connectivity index (χ0) is 18.7. The Hall–Kier alpha value is -2.82. The number of piperidine rings is 1. The second-order valence-corrected chi connectivity index (χ2v) is 7.96. The summed E-state index contributed by atoms with van der Waals surface area (Å²) in [6, 6.07) is 17.6. The molecule has 3 amide bonds. The number of rotatable bonds is 2. The van der Waals surface area contributed by atoms with Gasteiger partial charge in [0.2, 0.25) is 0 Å². The van der Waals surface area contributed by atoms with E-state index in [0.29, 0.717) is 6.42 Å². The maximum absolute atomic E-state index is 13.2. The lowest BCUT2D eigenvalue weighted by atomic mass is 9.78. The minimum atomic E-state index is -0.390. The molecule has 5 heteroatoms. The van der Waals surface area contributed by atoms with E-state index in [1.165, 1.54) is 10.5 Å². The molecule has 4 atom stereocenters. The molecule has 0 spiro atoms. The van der Waals surface area contributed by atoms with Gasteiger partial charge in [-0.2, -0.15) is 0 Å². The number of carbonyl (C=O) groups is 2. The molecule has 27 heavy (non-hydrogen) atoms. The van der Waals surface area contributed by atoms with Crippen LogP contribution in [0.3, 0.4) is 0 Å². The summed E-state index contributed by atoms with van der Waals surface area (Å²) in [5, 5.41) is 3.65. The number of hydrogen-bond acceptors (Lipinski definition) is 3. The molecule has 0 aliphatic carbocycles. The Balaban J connectivity index is 1.64. The van der Waals surface area contributed by atoms with E-state index in [0.717, 1.165) is 11.3 Å². The highest BCUT2D eigenvalue weighted by Crippen LogP contribution is 2.51. The first kappa shape index (κ1) is 16.4. The average molecular weight is 361 g/mol. The first-order valence-electron chi connectivity index (χ1n) is 9.63. The Bertz CT molecular complexity index is 911. The zero-order valence-corrected chi connectivity index (χ0v) is 15.5. The highest BCUT2D eigenvalue weighted by atomic mass is 16.2. The predicted molar refractivity (Wildman–Crippen MR) is 103 cm³/mol. The fourth-order valence-corrected chi connectivity index (χ4v) is 5.06. The van der Waals surface area contributed by atoms with Crippen LogP contribution in [0.4, 0.5) is 10.5 Å². The molecular weight excluding hydrogens is 338 g/mol. The zero-order valence-electron chi connectivity index (χ0n) is 15.5. The topological polar surface area (TPSA) is 52.7 Å². The van der Waals surface area contributed by atoms with E-state index >= 15 is 0 Å². The van der Waals surface area contributed by atoms with Gasteiger partial charge < -0.3 is 10.2 Å². The monoisotopic (exact) mass is 361 g/mol. The van der Waals surface area contributed by atoms with Gasteiger partial charge in [-0.25, -0.2) is 4.79 Å². The van der Waals surface area contributed by atoms with Gasteiger partial charge >= 0.3 is 6.03 Å². The normalized spacial score (nSPS) is 28.9. The molecule has 5 rings (SSSR count). The highest BCUT2D eigenvalue weighted by Gasteiger charge is 2.57. The number of benzene rings is 2. The standard InChI is InChI=1S/C22H23N3O2/c1-13(2)24-21(26)18-12-16-15-10-6-7-11-17(15)23-19(16)20(25(18)22(24)27)14-8-4-3-5-9-14/h3-11,13,16,18-20,23H,12H2,1-2H3. The Morgan fingerprint density at radius 3 is 2.44 bits per heavy atom. The van der Waals surface area contributed by atoms with Crippen LogP contribution in [-0.2, 0) is 4.79 Å². The van der Waals surface area contributed by atoms with Gasteiger partial charge in [-0.15, -0.1) is 0 Å². The largest absolute Gasteiger partial charge is 0.379 e. The van der Waals surface area contributed by atoms with Gasteiger partial charge in [0, 0.05) is 17.6 Å². The molecule has 0 saturated carbocycles. The van der Waals surface area contributed by atoms with Crippen molar-refractivity contribution >= 4 is 17.6 Å². The Kier molecular flexibility index (Phi) is 3.54. The fourth-order valence-electron chi connectivity index (χ4n) is 5.06. The van der Waals surface area contributed by atoms with E-state index in [4.69, 9.17) is 0 Å². The van der Waals surface area contributed by atoms with Gasteiger partial charge in [-0.3, -0.25) is 9.69 Å². The summed E-state index contributed by atoms with van der Waals surface area (Å²) >= 11 is 0. The highest BCUT2D eigenvalue weighted by molar-refractivity contribution is 6.05. The summed E-state index contributed by atoms with van der Waals surface area (Å²) in [6.45, 7) is 3.81. The van der Waals surface area contributed by atoms with Crippen LogP contribution in [0.2, 0.25) is 0 Å². The third-order valence-corrected chi connectivity index (χ3v) is 6.18. The summed E-state index contributed by atoms with van der Waals surface area (Å²) < 4.78 is 0. The third-order valence-electron chi connectivity index (χ3n) is 6.18. The van der Waals surface area contributed by atoms with Crippen LogP contribution in [0.5, 0.6) is 0 Å². The van der Waals surface area contributed by atoms with Gasteiger partial charge in [-0.05, 0) is 37.5 Å². The molecule has 2 aromatic carbocycles. The van der Waals surface area contributed by atoms with E-state index in [2.05, 4.69) is 35.6 Å². The summed E-state index contributed by atoms with van der Waals surface area (Å²) in [6.07, 6.45) is 0.672. The SMILES string of the molecule is CC(C)N1C(=O)C2CC3c4ccccc4NC3C(c3ccccc3)N2C1=O. The van der Waals surface area contributed by atoms with Gasteiger partial charge in [0.05, 0.1) is 12.1 Å². The molecule has 2 aromatic rings. The summed E-state index contributed by atoms with van der Waals surface area (Å²) in [5.74, 6) is 0.162. The molecule has 2 fully saturated rings. The second-order valence-electron chi connectivity index (χ2n) is 7.96. The smallest absolute Gasteiger partial charge is 0.328 e. The van der Waals surface area contributed by atoms with Crippen LogP contribution in [0.15, 0.2) is 54.6 Å². The van der Waals surface area contributed by atoms with E-state index in [-0.39, 0.29) is 42.0 Å². The molecule has 4 unspecified atom stereocenters. The van der Waals surface area contributed by atoms with Crippen LogP contribution in [-0.4, -0.2) is 39.9 Å². The number of fused-ring (bicyclic) bond motifs is 4. The van der Waals surface area contributed by atoms with Crippen molar-refractivity contribution in [2.24, 2.45) is 0 Å². The third kappa shape index (κ3) is 2.24. The number of nitrogens with one attached hydrogen (secondary N) is 1. The molecule has 3 aliphatic heterocycles. The molecule has 5 nitrogen and oxygen atoms in total. The average Bonchev–Trinajstić information content (AvgIpc) is 3.16. The van der Waals surface area contributed by atoms with E-state index in [1.807, 2.05) is 43.0 Å². The number of imide groups is 1. The van der Waals surface area contributed by atoms with Crippen molar-refractivity contribution in [3.05, 3.63) is 65.7 Å². The predicted octanol–water partition coefficient (Wildman–Crippen LogP) is 3.75. The number of carbonyl (C=O) groups excluding carboxylic acids is 2. The van der Waals surface area contributed by atoms with Gasteiger partial charge in [-0.1, -0.05) is 48.5 Å². The fraction of sp³-hybridized carbons (Fsp3) is 0.364. The van der Waals surface area contributed by atoms with Crippen LogP contribution in [0.1, 0.15) is 43.4 Å². The van der Waals surface area contributed by atoms with Crippen molar-refractivity contribution in [2.45, 2.75) is 50.4 Å². The lowest BCUT2D eigenvalue weighted by molar-refractivity contribution is -0.130.